The molecule has 27 heavy (non-hydrogen) atoms. The number of nitriles is 1. The number of carbonyl (C=O) groups is 1. The first-order valence-corrected chi connectivity index (χ1v) is 9.01. The molecule has 0 amide bonds. The van der Waals surface area contributed by atoms with Gasteiger partial charge in [0.25, 0.3) is 5.89 Å². The van der Waals surface area contributed by atoms with Crippen LogP contribution in [0, 0.1) is 11.3 Å². The number of benzene rings is 2. The molecule has 2 aromatic heterocycles. The van der Waals surface area contributed by atoms with Crippen LogP contribution in [0.1, 0.15) is 11.8 Å². The number of allylic oxidation sites excluding steroid dienone is 1. The summed E-state index contributed by atoms with van der Waals surface area (Å²) in [5.74, 6) is 0.664. The summed E-state index contributed by atoms with van der Waals surface area (Å²) in [7, 11) is 0. The van der Waals surface area contributed by atoms with Crippen molar-refractivity contribution in [1.82, 2.24) is 10.1 Å². The predicted octanol–water partition coefficient (Wildman–Crippen LogP) is 5.11. The summed E-state index contributed by atoms with van der Waals surface area (Å²) in [6, 6.07) is 19.6. The van der Waals surface area contributed by atoms with Gasteiger partial charge in [-0.15, -0.1) is 11.3 Å². The maximum absolute atomic E-state index is 11.4. The van der Waals surface area contributed by atoms with Crippen molar-refractivity contribution in [2.75, 3.05) is 0 Å². The number of Topliss-reactive ketones (excluding diaryl/α,β-unsaturated/α-hetero) is 1. The molecule has 0 bridgehead atoms. The molecule has 5 nitrogen and oxygen atoms in total. The summed E-state index contributed by atoms with van der Waals surface area (Å²) >= 11 is 1.39. The van der Waals surface area contributed by atoms with Crippen LogP contribution in [-0.4, -0.2) is 15.9 Å². The molecular weight excluding hydrogens is 358 g/mol. The molecule has 0 saturated carbocycles. The van der Waals surface area contributed by atoms with Crippen LogP contribution < -0.4 is 0 Å². The smallest absolute Gasteiger partial charge is 0.258 e. The zero-order chi connectivity index (χ0) is 18.8. The molecule has 4 aromatic rings. The van der Waals surface area contributed by atoms with E-state index in [1.807, 2.05) is 54.6 Å². The van der Waals surface area contributed by atoms with Crippen LogP contribution >= 0.6 is 11.3 Å². The van der Waals surface area contributed by atoms with Gasteiger partial charge < -0.3 is 4.52 Å². The fraction of sp³-hybridized carbons (Fsp3) is 0.0476. The van der Waals surface area contributed by atoms with E-state index in [4.69, 9.17) is 9.78 Å². The van der Waals surface area contributed by atoms with Crippen LogP contribution in [-0.2, 0) is 4.79 Å². The van der Waals surface area contributed by atoms with E-state index in [-0.39, 0.29) is 11.4 Å². The van der Waals surface area contributed by atoms with Crippen molar-refractivity contribution in [2.24, 2.45) is 0 Å². The van der Waals surface area contributed by atoms with Gasteiger partial charge >= 0.3 is 0 Å². The van der Waals surface area contributed by atoms with E-state index in [0.717, 1.165) is 26.1 Å². The molecule has 0 aliphatic carbocycles. The second-order valence-electron chi connectivity index (χ2n) is 5.91. The Morgan fingerprint density at radius 1 is 1.15 bits per heavy atom. The molecule has 130 valence electrons. The van der Waals surface area contributed by atoms with Crippen molar-refractivity contribution < 1.29 is 9.32 Å². The van der Waals surface area contributed by atoms with Gasteiger partial charge in [-0.1, -0.05) is 35.5 Å². The van der Waals surface area contributed by atoms with Crippen molar-refractivity contribution in [2.45, 2.75) is 6.92 Å². The number of thiophene rings is 1. The number of ketones is 1. The molecule has 6 heteroatoms. The Labute approximate surface area is 159 Å². The topological polar surface area (TPSA) is 79.8 Å². The molecule has 2 heterocycles. The molecule has 0 radical (unpaired) electrons. The monoisotopic (exact) mass is 371 g/mol. The van der Waals surface area contributed by atoms with Gasteiger partial charge in [0.05, 0.1) is 10.5 Å². The van der Waals surface area contributed by atoms with E-state index in [2.05, 4.69) is 16.2 Å². The van der Waals surface area contributed by atoms with Crippen molar-refractivity contribution in [3.63, 3.8) is 0 Å². The van der Waals surface area contributed by atoms with Crippen LogP contribution in [0.4, 0.5) is 0 Å². The lowest BCUT2D eigenvalue weighted by Crippen LogP contribution is -1.91. The standard InChI is InChI=1S/C21H13N3O2S/c1-13(25)17(12-22)11-18-8-9-19(27-18)20-23-21(26-24-20)16-7-6-14-4-2-3-5-15(14)10-16/h2-11H,1H3/b17-11+. The Morgan fingerprint density at radius 2 is 1.96 bits per heavy atom. The molecule has 0 fully saturated rings. The SMILES string of the molecule is CC(=O)/C(C#N)=C/c1ccc(-c2noc(-c3ccc4ccccc4c3)n2)s1. The van der Waals surface area contributed by atoms with Crippen molar-refractivity contribution in [1.29, 1.82) is 5.26 Å². The Kier molecular flexibility index (Phi) is 4.37. The first kappa shape index (κ1) is 16.9. The molecule has 0 atom stereocenters. The zero-order valence-corrected chi connectivity index (χ0v) is 15.2. The molecule has 0 aliphatic heterocycles. The molecule has 0 spiro atoms. The lowest BCUT2D eigenvalue weighted by molar-refractivity contribution is -0.113. The first-order valence-electron chi connectivity index (χ1n) is 8.20. The molecule has 2 aromatic carbocycles. The van der Waals surface area contributed by atoms with Crippen LogP contribution in [0.15, 0.2) is 64.7 Å². The second-order valence-corrected chi connectivity index (χ2v) is 7.03. The number of aromatic nitrogens is 2. The highest BCUT2D eigenvalue weighted by Crippen LogP contribution is 2.30. The van der Waals surface area contributed by atoms with Crippen molar-refractivity contribution >= 4 is 34.0 Å². The zero-order valence-electron chi connectivity index (χ0n) is 14.3. The Hall–Kier alpha value is -3.56. The van der Waals surface area contributed by atoms with E-state index in [1.165, 1.54) is 18.3 Å². The molecule has 0 unspecified atom stereocenters. The van der Waals surface area contributed by atoms with E-state index in [9.17, 15) is 4.79 Å². The average Bonchev–Trinajstić information content (AvgIpc) is 3.35. The number of carbonyl (C=O) groups excluding carboxylic acids is 1. The van der Waals surface area contributed by atoms with Gasteiger partial charge in [-0.05, 0) is 48.0 Å². The van der Waals surface area contributed by atoms with Gasteiger partial charge in [0.15, 0.2) is 5.78 Å². The Balaban J connectivity index is 1.65. The van der Waals surface area contributed by atoms with Gasteiger partial charge in [-0.2, -0.15) is 10.2 Å². The minimum atomic E-state index is -0.259. The second kappa shape index (κ2) is 6.98. The van der Waals surface area contributed by atoms with Crippen molar-refractivity contribution in [3.8, 4) is 28.2 Å². The summed E-state index contributed by atoms with van der Waals surface area (Å²) in [5, 5.41) is 15.3. The highest BCUT2D eigenvalue weighted by atomic mass is 32.1. The highest BCUT2D eigenvalue weighted by molar-refractivity contribution is 7.16. The van der Waals surface area contributed by atoms with Gasteiger partial charge in [-0.25, -0.2) is 0 Å². The third-order valence-electron chi connectivity index (χ3n) is 4.06. The normalized spacial score (nSPS) is 11.5. The summed E-state index contributed by atoms with van der Waals surface area (Å²) in [6.07, 6.45) is 1.57. The van der Waals surface area contributed by atoms with E-state index >= 15 is 0 Å². The number of hydrogen-bond donors (Lipinski definition) is 0. The van der Waals surface area contributed by atoms with Crippen molar-refractivity contribution in [3.05, 3.63) is 65.0 Å². The fourth-order valence-corrected chi connectivity index (χ4v) is 3.55. The highest BCUT2D eigenvalue weighted by Gasteiger charge is 2.13. The van der Waals surface area contributed by atoms with Crippen LogP contribution in [0.5, 0.6) is 0 Å². The average molecular weight is 371 g/mol. The minimum absolute atomic E-state index is 0.119. The maximum atomic E-state index is 11.4. The number of fused-ring (bicyclic) bond motifs is 1. The molecule has 0 aliphatic rings. The lowest BCUT2D eigenvalue weighted by Gasteiger charge is -1.98. The summed E-state index contributed by atoms with van der Waals surface area (Å²) in [5.41, 5.74) is 0.973. The summed E-state index contributed by atoms with van der Waals surface area (Å²) < 4.78 is 5.43. The number of nitrogens with zero attached hydrogens (tertiary/aromatic N) is 3. The van der Waals surface area contributed by atoms with Crippen LogP contribution in [0.3, 0.4) is 0 Å². The Bertz CT molecular complexity index is 1230. The van der Waals surface area contributed by atoms with E-state index in [1.54, 1.807) is 6.08 Å². The largest absolute Gasteiger partial charge is 0.334 e. The molecule has 4 rings (SSSR count). The van der Waals surface area contributed by atoms with E-state index in [0.29, 0.717) is 11.7 Å². The third-order valence-corrected chi connectivity index (χ3v) is 5.08. The number of hydrogen-bond acceptors (Lipinski definition) is 6. The lowest BCUT2D eigenvalue weighted by atomic mass is 10.1. The van der Waals surface area contributed by atoms with Gasteiger partial charge in [-0.3, -0.25) is 4.79 Å². The van der Waals surface area contributed by atoms with E-state index < -0.39 is 0 Å². The third kappa shape index (κ3) is 3.41. The predicted molar refractivity (Wildman–Crippen MR) is 105 cm³/mol. The van der Waals surface area contributed by atoms with Gasteiger partial charge in [0.1, 0.15) is 6.07 Å². The molecular formula is C21H13N3O2S. The maximum Gasteiger partial charge on any atom is 0.258 e. The molecule has 0 N–H and O–H groups in total. The quantitative estimate of drug-likeness (QED) is 0.368. The summed E-state index contributed by atoms with van der Waals surface area (Å²) in [4.78, 5) is 17.5. The summed E-state index contributed by atoms with van der Waals surface area (Å²) in [6.45, 7) is 1.37. The Morgan fingerprint density at radius 3 is 2.74 bits per heavy atom. The number of rotatable bonds is 4. The van der Waals surface area contributed by atoms with Crippen LogP contribution in [0.2, 0.25) is 0 Å². The minimum Gasteiger partial charge on any atom is -0.334 e. The first-order chi connectivity index (χ1) is 13.1. The van der Waals surface area contributed by atoms with Crippen LogP contribution in [0.25, 0.3) is 39.0 Å². The fourth-order valence-electron chi connectivity index (χ4n) is 2.67. The molecule has 0 saturated heterocycles. The van der Waals surface area contributed by atoms with Gasteiger partial charge in [0, 0.05) is 10.4 Å². The van der Waals surface area contributed by atoms with Gasteiger partial charge in [0.2, 0.25) is 5.82 Å².